The molecule has 82 valence electrons. The van der Waals surface area contributed by atoms with Gasteiger partial charge in [-0.2, -0.15) is 0 Å². The zero-order chi connectivity index (χ0) is 11.7. The maximum atomic E-state index is 5.93. The first-order chi connectivity index (χ1) is 7.56. The molecule has 2 aromatic heterocycles. The first kappa shape index (κ1) is 11.5. The van der Waals surface area contributed by atoms with E-state index in [4.69, 9.17) is 11.6 Å². The van der Waals surface area contributed by atoms with Gasteiger partial charge in [-0.25, -0.2) is 9.97 Å². The van der Waals surface area contributed by atoms with Gasteiger partial charge in [-0.05, 0) is 41.9 Å². The van der Waals surface area contributed by atoms with Gasteiger partial charge in [0.05, 0.1) is 4.47 Å². The van der Waals surface area contributed by atoms with Crippen LogP contribution in [0.4, 0.5) is 0 Å². The predicted octanol–water partition coefficient (Wildman–Crippen LogP) is 3.57. The summed E-state index contributed by atoms with van der Waals surface area (Å²) in [7, 11) is 0. The van der Waals surface area contributed by atoms with Crippen LogP contribution in [0.5, 0.6) is 0 Å². The average Bonchev–Trinajstić information content (AvgIpc) is 2.20. The highest BCUT2D eigenvalue weighted by Gasteiger charge is 2.06. The van der Waals surface area contributed by atoms with Crippen LogP contribution in [0.2, 0.25) is 5.15 Å². The van der Waals surface area contributed by atoms with Gasteiger partial charge in [-0.3, -0.25) is 4.98 Å². The average molecular weight is 299 g/mol. The minimum atomic E-state index is 0.414. The van der Waals surface area contributed by atoms with E-state index in [9.17, 15) is 0 Å². The Hall–Kier alpha value is -1.00. The van der Waals surface area contributed by atoms with Crippen molar-refractivity contribution in [3.8, 4) is 11.4 Å². The Morgan fingerprint density at radius 1 is 1.12 bits per heavy atom. The topological polar surface area (TPSA) is 38.7 Å². The van der Waals surface area contributed by atoms with Crippen molar-refractivity contribution >= 4 is 27.5 Å². The minimum Gasteiger partial charge on any atom is -0.258 e. The largest absolute Gasteiger partial charge is 0.258 e. The van der Waals surface area contributed by atoms with Gasteiger partial charge in [0, 0.05) is 23.1 Å². The van der Waals surface area contributed by atoms with Crippen LogP contribution in [0, 0.1) is 13.8 Å². The Kier molecular flexibility index (Phi) is 3.21. The number of hydrogen-bond acceptors (Lipinski definition) is 3. The van der Waals surface area contributed by atoms with E-state index in [1.54, 1.807) is 6.20 Å². The maximum absolute atomic E-state index is 5.93. The Morgan fingerprint density at radius 2 is 1.75 bits per heavy atom. The number of hydrogen-bond donors (Lipinski definition) is 0. The molecule has 0 radical (unpaired) electrons. The summed E-state index contributed by atoms with van der Waals surface area (Å²) in [4.78, 5) is 12.7. The lowest BCUT2D eigenvalue weighted by atomic mass is 10.2. The molecule has 0 bridgehead atoms. The van der Waals surface area contributed by atoms with Gasteiger partial charge >= 0.3 is 0 Å². The Morgan fingerprint density at radius 3 is 2.31 bits per heavy atom. The second kappa shape index (κ2) is 4.47. The molecular formula is C11H9BrClN3. The normalized spacial score (nSPS) is 10.5. The molecular weight excluding hydrogens is 289 g/mol. The standard InChI is InChI=1S/C11H9BrClN3/c1-6-3-8(4-7(2)15-6)11-14-5-9(12)10(13)16-11/h3-5H,1-2H3. The number of aryl methyl sites for hydroxylation is 2. The second-order valence-corrected chi connectivity index (χ2v) is 4.68. The summed E-state index contributed by atoms with van der Waals surface area (Å²) in [6, 6.07) is 3.87. The highest BCUT2D eigenvalue weighted by Crippen LogP contribution is 2.23. The molecule has 0 spiro atoms. The molecule has 0 fully saturated rings. The van der Waals surface area contributed by atoms with E-state index in [-0.39, 0.29) is 0 Å². The fourth-order valence-electron chi connectivity index (χ4n) is 1.45. The van der Waals surface area contributed by atoms with Gasteiger partial charge in [0.2, 0.25) is 0 Å². The van der Waals surface area contributed by atoms with Crippen LogP contribution in [0.25, 0.3) is 11.4 Å². The Balaban J connectivity index is 2.54. The molecule has 0 aliphatic carbocycles. The lowest BCUT2D eigenvalue weighted by Gasteiger charge is -2.04. The van der Waals surface area contributed by atoms with Crippen LogP contribution in [-0.2, 0) is 0 Å². The van der Waals surface area contributed by atoms with E-state index in [2.05, 4.69) is 30.9 Å². The predicted molar refractivity (Wildman–Crippen MR) is 67.4 cm³/mol. The van der Waals surface area contributed by atoms with E-state index in [1.807, 2.05) is 26.0 Å². The van der Waals surface area contributed by atoms with Crippen molar-refractivity contribution in [2.24, 2.45) is 0 Å². The van der Waals surface area contributed by atoms with Gasteiger partial charge in [-0.1, -0.05) is 11.6 Å². The molecule has 3 nitrogen and oxygen atoms in total. The smallest absolute Gasteiger partial charge is 0.161 e. The Labute approximate surface area is 107 Å². The van der Waals surface area contributed by atoms with Crippen molar-refractivity contribution in [1.29, 1.82) is 0 Å². The van der Waals surface area contributed by atoms with E-state index in [0.717, 1.165) is 17.0 Å². The molecule has 0 saturated carbocycles. The third-order valence-electron chi connectivity index (χ3n) is 2.04. The van der Waals surface area contributed by atoms with E-state index in [1.165, 1.54) is 0 Å². The second-order valence-electron chi connectivity index (χ2n) is 3.47. The molecule has 0 amide bonds. The van der Waals surface area contributed by atoms with Crippen LogP contribution in [0.3, 0.4) is 0 Å². The molecule has 2 heterocycles. The zero-order valence-corrected chi connectivity index (χ0v) is 11.2. The third-order valence-corrected chi connectivity index (χ3v) is 3.14. The van der Waals surface area contributed by atoms with Gasteiger partial charge in [0.15, 0.2) is 5.82 Å². The highest BCUT2D eigenvalue weighted by molar-refractivity contribution is 9.10. The third kappa shape index (κ3) is 2.39. The van der Waals surface area contributed by atoms with Gasteiger partial charge in [0.25, 0.3) is 0 Å². The van der Waals surface area contributed by atoms with Gasteiger partial charge < -0.3 is 0 Å². The molecule has 0 unspecified atom stereocenters. The van der Waals surface area contributed by atoms with Crippen molar-refractivity contribution in [1.82, 2.24) is 15.0 Å². The van der Waals surface area contributed by atoms with Crippen molar-refractivity contribution in [3.05, 3.63) is 39.3 Å². The monoisotopic (exact) mass is 297 g/mol. The lowest BCUT2D eigenvalue weighted by Crippen LogP contribution is -1.93. The van der Waals surface area contributed by atoms with Crippen molar-refractivity contribution in [3.63, 3.8) is 0 Å². The van der Waals surface area contributed by atoms with Crippen LogP contribution < -0.4 is 0 Å². The molecule has 0 saturated heterocycles. The summed E-state index contributed by atoms with van der Waals surface area (Å²) in [5.74, 6) is 0.613. The first-order valence-electron chi connectivity index (χ1n) is 4.70. The number of aromatic nitrogens is 3. The van der Waals surface area contributed by atoms with E-state index < -0.39 is 0 Å². The zero-order valence-electron chi connectivity index (χ0n) is 8.83. The van der Waals surface area contributed by atoms with E-state index in [0.29, 0.717) is 15.5 Å². The molecule has 16 heavy (non-hydrogen) atoms. The SMILES string of the molecule is Cc1cc(-c2ncc(Br)c(Cl)n2)cc(C)n1. The summed E-state index contributed by atoms with van der Waals surface area (Å²) in [6.45, 7) is 3.88. The van der Waals surface area contributed by atoms with Crippen LogP contribution in [0.15, 0.2) is 22.8 Å². The first-order valence-corrected chi connectivity index (χ1v) is 5.87. The minimum absolute atomic E-state index is 0.414. The molecule has 0 aliphatic heterocycles. The summed E-state index contributed by atoms with van der Waals surface area (Å²) < 4.78 is 0.695. The van der Waals surface area contributed by atoms with Crippen LogP contribution in [-0.4, -0.2) is 15.0 Å². The lowest BCUT2D eigenvalue weighted by molar-refractivity contribution is 1.10. The fraction of sp³-hybridized carbons (Fsp3) is 0.182. The van der Waals surface area contributed by atoms with Crippen molar-refractivity contribution < 1.29 is 0 Å². The molecule has 2 aromatic rings. The molecule has 0 N–H and O–H groups in total. The number of rotatable bonds is 1. The summed E-state index contributed by atoms with van der Waals surface area (Å²) >= 11 is 9.19. The fourth-order valence-corrected chi connectivity index (χ4v) is 1.77. The highest BCUT2D eigenvalue weighted by atomic mass is 79.9. The Bertz CT molecular complexity index is 522. The number of halogens is 2. The van der Waals surface area contributed by atoms with Gasteiger partial charge in [-0.15, -0.1) is 0 Å². The summed E-state index contributed by atoms with van der Waals surface area (Å²) in [5.41, 5.74) is 2.81. The van der Waals surface area contributed by atoms with E-state index >= 15 is 0 Å². The van der Waals surface area contributed by atoms with Crippen molar-refractivity contribution in [2.75, 3.05) is 0 Å². The van der Waals surface area contributed by atoms with Gasteiger partial charge in [0.1, 0.15) is 5.15 Å². The van der Waals surface area contributed by atoms with Crippen LogP contribution in [0.1, 0.15) is 11.4 Å². The molecule has 0 atom stereocenters. The quantitative estimate of drug-likeness (QED) is 0.755. The number of nitrogens with zero attached hydrogens (tertiary/aromatic N) is 3. The summed E-state index contributed by atoms with van der Waals surface area (Å²) in [6.07, 6.45) is 1.65. The van der Waals surface area contributed by atoms with Crippen molar-refractivity contribution in [2.45, 2.75) is 13.8 Å². The van der Waals surface area contributed by atoms with Crippen LogP contribution >= 0.6 is 27.5 Å². The summed E-state index contributed by atoms with van der Waals surface area (Å²) in [5, 5.41) is 0.414. The maximum Gasteiger partial charge on any atom is 0.161 e. The molecule has 0 aliphatic rings. The molecule has 2 rings (SSSR count). The molecule has 0 aromatic carbocycles. The molecule has 5 heteroatoms. The number of pyridine rings is 1.